The van der Waals surface area contributed by atoms with Crippen molar-refractivity contribution < 1.29 is 4.79 Å². The highest BCUT2D eigenvalue weighted by Crippen LogP contribution is 2.39. The van der Waals surface area contributed by atoms with Crippen LogP contribution in [0.3, 0.4) is 0 Å². The Labute approximate surface area is 152 Å². The lowest BCUT2D eigenvalue weighted by molar-refractivity contribution is -0.122. The zero-order valence-corrected chi connectivity index (χ0v) is 15.4. The second-order valence-corrected chi connectivity index (χ2v) is 7.62. The molecule has 3 heterocycles. The highest BCUT2D eigenvalue weighted by Gasteiger charge is 2.26. The summed E-state index contributed by atoms with van der Waals surface area (Å²) in [5, 5.41) is 7.90. The maximum absolute atomic E-state index is 12.7. The van der Waals surface area contributed by atoms with E-state index in [4.69, 9.17) is 0 Å². The molecule has 0 radical (unpaired) electrons. The Bertz CT molecular complexity index is 903. The first kappa shape index (κ1) is 17.1. The zero-order chi connectivity index (χ0) is 18.3. The summed E-state index contributed by atoms with van der Waals surface area (Å²) in [4.78, 5) is 32.0. The van der Waals surface area contributed by atoms with Crippen LogP contribution in [0.15, 0.2) is 16.9 Å². The van der Waals surface area contributed by atoms with Gasteiger partial charge in [0.25, 0.3) is 5.56 Å². The number of hydrogen-bond donors (Lipinski definition) is 1. The SMILES string of the molecule is Cc1nn(CC(=O)N[C@@H]2CCCN(C)C2)c(=O)c2ccc(C3CC3)nc12. The number of aryl methyl sites for hydroxylation is 1. The van der Waals surface area contributed by atoms with Gasteiger partial charge in [0.05, 0.1) is 16.6 Å². The molecule has 1 saturated carbocycles. The van der Waals surface area contributed by atoms with E-state index >= 15 is 0 Å². The molecular weight excluding hydrogens is 330 g/mol. The maximum Gasteiger partial charge on any atom is 0.276 e. The van der Waals surface area contributed by atoms with Gasteiger partial charge in [-0.2, -0.15) is 5.10 Å². The molecule has 1 aliphatic carbocycles. The average Bonchev–Trinajstić information content (AvgIpc) is 3.44. The third kappa shape index (κ3) is 3.49. The van der Waals surface area contributed by atoms with E-state index in [2.05, 4.69) is 27.3 Å². The van der Waals surface area contributed by atoms with Gasteiger partial charge in [-0.1, -0.05) is 0 Å². The van der Waals surface area contributed by atoms with Crippen molar-refractivity contribution in [3.05, 3.63) is 33.9 Å². The second-order valence-electron chi connectivity index (χ2n) is 7.62. The summed E-state index contributed by atoms with van der Waals surface area (Å²) >= 11 is 0. The largest absolute Gasteiger partial charge is 0.350 e. The number of amides is 1. The van der Waals surface area contributed by atoms with Crippen molar-refractivity contribution in [1.82, 2.24) is 25.0 Å². The Hall–Kier alpha value is -2.28. The number of carbonyl (C=O) groups excluding carboxylic acids is 1. The van der Waals surface area contributed by atoms with E-state index in [1.807, 2.05) is 19.1 Å². The van der Waals surface area contributed by atoms with Crippen molar-refractivity contribution in [2.24, 2.45) is 0 Å². The molecule has 138 valence electrons. The summed E-state index contributed by atoms with van der Waals surface area (Å²) in [7, 11) is 2.06. The molecular formula is C19H25N5O2. The number of piperidine rings is 1. The third-order valence-corrected chi connectivity index (χ3v) is 5.27. The normalized spacial score (nSPS) is 21.1. The number of nitrogens with one attached hydrogen (secondary N) is 1. The van der Waals surface area contributed by atoms with Gasteiger partial charge in [0, 0.05) is 24.2 Å². The lowest BCUT2D eigenvalue weighted by Crippen LogP contribution is -2.47. The van der Waals surface area contributed by atoms with E-state index < -0.39 is 0 Å². The van der Waals surface area contributed by atoms with Crippen molar-refractivity contribution in [3.63, 3.8) is 0 Å². The molecule has 2 fully saturated rings. The summed E-state index contributed by atoms with van der Waals surface area (Å²) in [5.41, 5.74) is 2.13. The molecule has 26 heavy (non-hydrogen) atoms. The summed E-state index contributed by atoms with van der Waals surface area (Å²) in [5.74, 6) is 0.363. The monoisotopic (exact) mass is 355 g/mol. The molecule has 4 rings (SSSR count). The summed E-state index contributed by atoms with van der Waals surface area (Å²) < 4.78 is 1.26. The van der Waals surface area contributed by atoms with Gasteiger partial charge in [-0.05, 0) is 58.3 Å². The first-order valence-corrected chi connectivity index (χ1v) is 9.37. The van der Waals surface area contributed by atoms with Crippen LogP contribution in [0.2, 0.25) is 0 Å². The fourth-order valence-electron chi connectivity index (χ4n) is 3.74. The number of likely N-dealkylation sites (tertiary alicyclic amines) is 1. The summed E-state index contributed by atoms with van der Waals surface area (Å²) in [6.45, 7) is 3.70. The fraction of sp³-hybridized carbons (Fsp3) is 0.579. The minimum Gasteiger partial charge on any atom is -0.350 e. The number of pyridine rings is 1. The van der Waals surface area contributed by atoms with Crippen LogP contribution < -0.4 is 10.9 Å². The first-order valence-electron chi connectivity index (χ1n) is 9.37. The lowest BCUT2D eigenvalue weighted by atomic mass is 10.1. The lowest BCUT2D eigenvalue weighted by Gasteiger charge is -2.30. The highest BCUT2D eigenvalue weighted by atomic mass is 16.2. The van der Waals surface area contributed by atoms with Crippen molar-refractivity contribution in [2.45, 2.75) is 51.1 Å². The van der Waals surface area contributed by atoms with Crippen molar-refractivity contribution >= 4 is 16.8 Å². The Balaban J connectivity index is 1.54. The zero-order valence-electron chi connectivity index (χ0n) is 15.4. The fourth-order valence-corrected chi connectivity index (χ4v) is 3.74. The molecule has 0 bridgehead atoms. The smallest absolute Gasteiger partial charge is 0.276 e. The van der Waals surface area contributed by atoms with Crippen LogP contribution >= 0.6 is 0 Å². The molecule has 0 spiro atoms. The molecule has 2 aliphatic rings. The van der Waals surface area contributed by atoms with Crippen LogP contribution in [0.4, 0.5) is 0 Å². The minimum atomic E-state index is -0.253. The van der Waals surface area contributed by atoms with Gasteiger partial charge in [-0.3, -0.25) is 14.6 Å². The van der Waals surface area contributed by atoms with E-state index in [1.165, 1.54) is 17.5 Å². The van der Waals surface area contributed by atoms with Crippen LogP contribution in [-0.4, -0.2) is 51.8 Å². The number of fused-ring (bicyclic) bond motifs is 1. The van der Waals surface area contributed by atoms with Gasteiger partial charge in [0.1, 0.15) is 6.54 Å². The first-order chi connectivity index (χ1) is 12.5. The molecule has 1 saturated heterocycles. The van der Waals surface area contributed by atoms with Gasteiger partial charge in [-0.15, -0.1) is 0 Å². The number of aromatic nitrogens is 3. The van der Waals surface area contributed by atoms with Crippen molar-refractivity contribution in [1.29, 1.82) is 0 Å². The summed E-state index contributed by atoms with van der Waals surface area (Å²) in [6, 6.07) is 3.90. The number of likely N-dealkylation sites (N-methyl/N-ethyl adjacent to an activating group) is 1. The molecule has 0 aromatic carbocycles. The van der Waals surface area contributed by atoms with E-state index in [0.29, 0.717) is 22.5 Å². The van der Waals surface area contributed by atoms with Crippen molar-refractivity contribution in [3.8, 4) is 0 Å². The average molecular weight is 355 g/mol. The molecule has 1 aliphatic heterocycles. The maximum atomic E-state index is 12.7. The predicted molar refractivity (Wildman–Crippen MR) is 99.2 cm³/mol. The van der Waals surface area contributed by atoms with E-state index in [1.54, 1.807) is 0 Å². The van der Waals surface area contributed by atoms with E-state index in [0.717, 1.165) is 31.6 Å². The molecule has 2 aromatic heterocycles. The van der Waals surface area contributed by atoms with Gasteiger partial charge < -0.3 is 10.2 Å². The van der Waals surface area contributed by atoms with Crippen molar-refractivity contribution in [2.75, 3.05) is 20.1 Å². The van der Waals surface area contributed by atoms with Gasteiger partial charge in [-0.25, -0.2) is 4.68 Å². The van der Waals surface area contributed by atoms with Crippen LogP contribution in [0.25, 0.3) is 10.9 Å². The number of carbonyl (C=O) groups is 1. The molecule has 7 heteroatoms. The Morgan fingerprint density at radius 2 is 2.12 bits per heavy atom. The topological polar surface area (TPSA) is 80.1 Å². The van der Waals surface area contributed by atoms with Gasteiger partial charge in [0.15, 0.2) is 0 Å². The number of nitrogens with zero attached hydrogens (tertiary/aromatic N) is 4. The predicted octanol–water partition coefficient (Wildman–Crippen LogP) is 1.19. The molecule has 2 aromatic rings. The molecule has 0 unspecified atom stereocenters. The Morgan fingerprint density at radius 1 is 1.31 bits per heavy atom. The second kappa shape index (κ2) is 6.79. The Morgan fingerprint density at radius 3 is 2.85 bits per heavy atom. The van der Waals surface area contributed by atoms with Crippen LogP contribution in [-0.2, 0) is 11.3 Å². The number of hydrogen-bond acceptors (Lipinski definition) is 5. The van der Waals surface area contributed by atoms with Crippen LogP contribution in [0.1, 0.15) is 43.0 Å². The van der Waals surface area contributed by atoms with Crippen LogP contribution in [0, 0.1) is 6.92 Å². The standard InChI is InChI=1S/C19H25N5O2/c1-12-18-15(7-8-16(21-18)13-5-6-13)19(26)24(22-12)11-17(25)20-14-4-3-9-23(2)10-14/h7-8,13-14H,3-6,9-11H2,1-2H3,(H,20,25)/t14-/m1/s1. The third-order valence-electron chi connectivity index (χ3n) is 5.27. The number of rotatable bonds is 4. The molecule has 7 nitrogen and oxygen atoms in total. The quantitative estimate of drug-likeness (QED) is 0.891. The molecule has 1 amide bonds. The van der Waals surface area contributed by atoms with Gasteiger partial charge >= 0.3 is 0 Å². The highest BCUT2D eigenvalue weighted by molar-refractivity contribution is 5.80. The minimum absolute atomic E-state index is 0.0554. The Kier molecular flexibility index (Phi) is 4.48. The summed E-state index contributed by atoms with van der Waals surface area (Å²) in [6.07, 6.45) is 4.38. The van der Waals surface area contributed by atoms with Crippen LogP contribution in [0.5, 0.6) is 0 Å². The van der Waals surface area contributed by atoms with Gasteiger partial charge in [0.2, 0.25) is 5.91 Å². The molecule has 1 N–H and O–H groups in total. The van der Waals surface area contributed by atoms with E-state index in [-0.39, 0.29) is 24.1 Å². The molecule has 1 atom stereocenters. The van der Waals surface area contributed by atoms with E-state index in [9.17, 15) is 9.59 Å².